The topological polar surface area (TPSA) is 79.2 Å². The van der Waals surface area contributed by atoms with Crippen LogP contribution < -0.4 is 0 Å². The van der Waals surface area contributed by atoms with Gasteiger partial charge in [-0.3, -0.25) is 0 Å². The zero-order chi connectivity index (χ0) is 20.2. The zero-order valence-corrected chi connectivity index (χ0v) is 17.9. The molecule has 0 aromatic rings. The number of hydrogen-bond donors (Lipinski definition) is 3. The zero-order valence-electron chi connectivity index (χ0n) is 17.9. The maximum atomic E-state index is 10.5. The van der Waals surface area contributed by atoms with E-state index >= 15 is 0 Å². The van der Waals surface area contributed by atoms with E-state index in [1.54, 1.807) is 0 Å². The van der Waals surface area contributed by atoms with Gasteiger partial charge in [-0.15, -0.1) is 0 Å². The fourth-order valence-corrected chi connectivity index (χ4v) is 4.65. The number of rotatable bonds is 15. The molecular formula is C23H44O5. The number of aliphatic hydroxyl groups is 3. The summed E-state index contributed by atoms with van der Waals surface area (Å²) in [5.74, 6) is 0. The normalized spacial score (nSPS) is 30.0. The van der Waals surface area contributed by atoms with Crippen LogP contribution in [0, 0.1) is 0 Å². The van der Waals surface area contributed by atoms with Crippen molar-refractivity contribution in [3.05, 3.63) is 0 Å². The molecule has 2 aliphatic heterocycles. The van der Waals surface area contributed by atoms with Gasteiger partial charge in [0.25, 0.3) is 0 Å². The summed E-state index contributed by atoms with van der Waals surface area (Å²) in [6, 6.07) is 0. The maximum absolute atomic E-state index is 10.5. The van der Waals surface area contributed by atoms with Crippen LogP contribution in [0.4, 0.5) is 0 Å². The molecule has 0 radical (unpaired) electrons. The lowest BCUT2D eigenvalue weighted by molar-refractivity contribution is -0.110. The van der Waals surface area contributed by atoms with E-state index in [1.807, 2.05) is 0 Å². The molecule has 2 rings (SSSR count). The predicted molar refractivity (Wildman–Crippen MR) is 111 cm³/mol. The van der Waals surface area contributed by atoms with Crippen LogP contribution in [0.3, 0.4) is 0 Å². The Labute approximate surface area is 171 Å². The molecule has 3 N–H and O–H groups in total. The van der Waals surface area contributed by atoms with Gasteiger partial charge in [0.1, 0.15) is 0 Å². The van der Waals surface area contributed by atoms with Crippen molar-refractivity contribution in [2.45, 2.75) is 140 Å². The standard InChI is InChI=1S/C23H44O5/c1-2-3-4-5-6-7-8-9-11-18(25)20-13-15-22(27-20)23-16-14-21(28-23)19(26)12-10-17-24/h18-26H,2-17H2,1H3/t18-,19-,20-,21-,22-,23-/m1/s1. The molecule has 0 aliphatic carbocycles. The average Bonchev–Trinajstić information content (AvgIpc) is 3.37. The van der Waals surface area contributed by atoms with Gasteiger partial charge in [0.2, 0.25) is 0 Å². The first-order valence-electron chi connectivity index (χ1n) is 11.9. The molecule has 0 spiro atoms. The van der Waals surface area contributed by atoms with Gasteiger partial charge < -0.3 is 24.8 Å². The molecule has 0 saturated carbocycles. The van der Waals surface area contributed by atoms with E-state index in [0.29, 0.717) is 12.8 Å². The second-order valence-corrected chi connectivity index (χ2v) is 8.84. The molecule has 2 fully saturated rings. The number of unbranched alkanes of at least 4 members (excludes halogenated alkanes) is 7. The largest absolute Gasteiger partial charge is 0.396 e. The lowest BCUT2D eigenvalue weighted by Gasteiger charge is -2.24. The molecule has 0 amide bonds. The molecule has 28 heavy (non-hydrogen) atoms. The average molecular weight is 401 g/mol. The van der Waals surface area contributed by atoms with Crippen molar-refractivity contribution in [3.8, 4) is 0 Å². The van der Waals surface area contributed by atoms with Crippen LogP contribution in [0.25, 0.3) is 0 Å². The van der Waals surface area contributed by atoms with Crippen LogP contribution in [0.5, 0.6) is 0 Å². The van der Waals surface area contributed by atoms with Crippen LogP contribution in [0.2, 0.25) is 0 Å². The minimum atomic E-state index is -0.498. The summed E-state index contributed by atoms with van der Waals surface area (Å²) in [7, 11) is 0. The van der Waals surface area contributed by atoms with Gasteiger partial charge in [0, 0.05) is 6.61 Å². The lowest BCUT2D eigenvalue weighted by atomic mass is 10.0. The van der Waals surface area contributed by atoms with E-state index in [1.165, 1.54) is 44.9 Å². The van der Waals surface area contributed by atoms with Crippen molar-refractivity contribution in [2.24, 2.45) is 0 Å². The van der Waals surface area contributed by atoms with Crippen LogP contribution in [0.15, 0.2) is 0 Å². The highest BCUT2D eigenvalue weighted by Crippen LogP contribution is 2.34. The number of ether oxygens (including phenoxy) is 2. The molecule has 0 aromatic heterocycles. The quantitative estimate of drug-likeness (QED) is 0.361. The third-order valence-corrected chi connectivity index (χ3v) is 6.46. The van der Waals surface area contributed by atoms with Crippen LogP contribution in [-0.2, 0) is 9.47 Å². The molecule has 5 heteroatoms. The van der Waals surface area contributed by atoms with E-state index in [2.05, 4.69) is 6.92 Å². The molecule has 2 heterocycles. The van der Waals surface area contributed by atoms with Crippen molar-refractivity contribution in [2.75, 3.05) is 6.61 Å². The Kier molecular flexibility index (Phi) is 12.0. The van der Waals surface area contributed by atoms with Gasteiger partial charge in [0.15, 0.2) is 0 Å². The molecule has 166 valence electrons. The first-order valence-corrected chi connectivity index (χ1v) is 11.9. The first-order chi connectivity index (χ1) is 13.7. The maximum Gasteiger partial charge on any atom is 0.0842 e. The summed E-state index contributed by atoms with van der Waals surface area (Å²) in [4.78, 5) is 0. The lowest BCUT2D eigenvalue weighted by Crippen LogP contribution is -2.33. The van der Waals surface area contributed by atoms with Gasteiger partial charge in [0.05, 0.1) is 36.6 Å². The van der Waals surface area contributed by atoms with Crippen molar-refractivity contribution in [1.29, 1.82) is 0 Å². The third-order valence-electron chi connectivity index (χ3n) is 6.46. The fraction of sp³-hybridized carbons (Fsp3) is 1.00. The van der Waals surface area contributed by atoms with E-state index in [9.17, 15) is 10.2 Å². The van der Waals surface area contributed by atoms with Crippen LogP contribution in [0.1, 0.15) is 103 Å². The Morgan fingerprint density at radius 2 is 1.14 bits per heavy atom. The molecular weight excluding hydrogens is 356 g/mol. The van der Waals surface area contributed by atoms with E-state index in [0.717, 1.165) is 38.5 Å². The SMILES string of the molecule is CCCCCCCCCC[C@@H](O)[C@H]1CC[C@H]([C@H]2CC[C@H]([C@H](O)CCCO)O2)O1. The minimum absolute atomic E-state index is 0.0362. The van der Waals surface area contributed by atoms with Gasteiger partial charge in [-0.05, 0) is 44.9 Å². The predicted octanol–water partition coefficient (Wildman–Crippen LogP) is 4.11. The molecule has 2 saturated heterocycles. The van der Waals surface area contributed by atoms with Crippen molar-refractivity contribution in [3.63, 3.8) is 0 Å². The summed E-state index contributed by atoms with van der Waals surface area (Å²) in [6.45, 7) is 2.36. The third kappa shape index (κ3) is 8.27. The van der Waals surface area contributed by atoms with E-state index in [-0.39, 0.29) is 37.1 Å². The first kappa shape index (κ1) is 24.1. The van der Waals surface area contributed by atoms with Gasteiger partial charge in [-0.1, -0.05) is 58.3 Å². The van der Waals surface area contributed by atoms with Gasteiger partial charge in [-0.2, -0.15) is 0 Å². The molecule has 2 aliphatic rings. The summed E-state index contributed by atoms with van der Waals surface area (Å²) in [6.07, 6.45) is 14.9. The minimum Gasteiger partial charge on any atom is -0.396 e. The Morgan fingerprint density at radius 3 is 1.64 bits per heavy atom. The molecule has 0 unspecified atom stereocenters. The molecule has 5 nitrogen and oxygen atoms in total. The number of aliphatic hydroxyl groups excluding tert-OH is 3. The monoisotopic (exact) mass is 400 g/mol. The summed E-state index contributed by atoms with van der Waals surface area (Å²) in [5.41, 5.74) is 0. The van der Waals surface area contributed by atoms with Crippen molar-refractivity contribution < 1.29 is 24.8 Å². The van der Waals surface area contributed by atoms with Crippen LogP contribution >= 0.6 is 0 Å². The Bertz CT molecular complexity index is 391. The molecule has 0 bridgehead atoms. The van der Waals surface area contributed by atoms with Gasteiger partial charge in [-0.25, -0.2) is 0 Å². The highest BCUT2D eigenvalue weighted by molar-refractivity contribution is 4.89. The second kappa shape index (κ2) is 13.9. The Balaban J connectivity index is 1.56. The molecule has 0 aromatic carbocycles. The Hall–Kier alpha value is -0.200. The van der Waals surface area contributed by atoms with Gasteiger partial charge >= 0.3 is 0 Å². The highest BCUT2D eigenvalue weighted by Gasteiger charge is 2.40. The molecule has 6 atom stereocenters. The summed E-state index contributed by atoms with van der Waals surface area (Å²) < 4.78 is 12.2. The Morgan fingerprint density at radius 1 is 0.679 bits per heavy atom. The summed E-state index contributed by atoms with van der Waals surface area (Å²) >= 11 is 0. The van der Waals surface area contributed by atoms with E-state index < -0.39 is 6.10 Å². The highest BCUT2D eigenvalue weighted by atomic mass is 16.6. The van der Waals surface area contributed by atoms with Crippen molar-refractivity contribution in [1.82, 2.24) is 0 Å². The van der Waals surface area contributed by atoms with E-state index in [4.69, 9.17) is 14.6 Å². The van der Waals surface area contributed by atoms with Crippen molar-refractivity contribution >= 4 is 0 Å². The second-order valence-electron chi connectivity index (χ2n) is 8.84. The van der Waals surface area contributed by atoms with Crippen LogP contribution in [-0.4, -0.2) is 58.6 Å². The fourth-order valence-electron chi connectivity index (χ4n) is 4.65. The number of hydrogen-bond acceptors (Lipinski definition) is 5. The summed E-state index contributed by atoms with van der Waals surface area (Å²) in [5, 5.41) is 29.6. The smallest absolute Gasteiger partial charge is 0.0842 e.